The molecule has 5 nitrogen and oxygen atoms in total. The Hall–Kier alpha value is -2.66. The largest absolute Gasteiger partial charge is 0.507 e. The average molecular weight is 306 g/mol. The zero-order valence-electron chi connectivity index (χ0n) is 11.1. The Kier molecular flexibility index (Phi) is 5.63. The quantitative estimate of drug-likeness (QED) is 0.398. The summed E-state index contributed by atoms with van der Waals surface area (Å²) in [5.41, 5.74) is 13.4. The average Bonchev–Trinajstić information content (AvgIpc) is 2.42. The lowest BCUT2D eigenvalue weighted by atomic mass is 10.1. The first-order valence-corrected chi connectivity index (χ1v) is 5.98. The number of anilines is 3. The van der Waals surface area contributed by atoms with Crippen molar-refractivity contribution in [1.29, 1.82) is 0 Å². The van der Waals surface area contributed by atoms with E-state index in [9.17, 15) is 9.90 Å². The number of rotatable bonds is 3. The molecule has 1 amide bonds. The van der Waals surface area contributed by atoms with Gasteiger partial charge in [0, 0.05) is 28.7 Å². The smallest absolute Gasteiger partial charge is 0.248 e. The van der Waals surface area contributed by atoms with Gasteiger partial charge in [0.15, 0.2) is 0 Å². The lowest BCUT2D eigenvalue weighted by molar-refractivity contribution is -0.111. The molecule has 0 fully saturated rings. The van der Waals surface area contributed by atoms with E-state index in [2.05, 4.69) is 5.32 Å². The SMILES string of the molecule is Cl.Nc1ccc(NC(=O)C=Cc2cc(N)ccc2O)cc1. The van der Waals surface area contributed by atoms with E-state index in [1.165, 1.54) is 18.2 Å². The van der Waals surface area contributed by atoms with E-state index in [1.54, 1.807) is 36.4 Å². The number of hydrogen-bond acceptors (Lipinski definition) is 4. The molecule has 2 rings (SSSR count). The van der Waals surface area contributed by atoms with Gasteiger partial charge in [0.2, 0.25) is 5.91 Å². The minimum atomic E-state index is -0.309. The van der Waals surface area contributed by atoms with Crippen LogP contribution in [0, 0.1) is 0 Å². The third-order valence-corrected chi connectivity index (χ3v) is 2.64. The van der Waals surface area contributed by atoms with Gasteiger partial charge in [-0.1, -0.05) is 0 Å². The minimum Gasteiger partial charge on any atom is -0.507 e. The van der Waals surface area contributed by atoms with Crippen molar-refractivity contribution in [3.63, 3.8) is 0 Å². The van der Waals surface area contributed by atoms with Gasteiger partial charge in [-0.2, -0.15) is 0 Å². The van der Waals surface area contributed by atoms with Crippen LogP contribution >= 0.6 is 12.4 Å². The van der Waals surface area contributed by atoms with E-state index in [4.69, 9.17) is 11.5 Å². The number of nitrogens with one attached hydrogen (secondary N) is 1. The van der Waals surface area contributed by atoms with Crippen molar-refractivity contribution in [3.8, 4) is 5.75 Å². The molecule has 21 heavy (non-hydrogen) atoms. The summed E-state index contributed by atoms with van der Waals surface area (Å²) in [5.74, 6) is -0.243. The zero-order valence-corrected chi connectivity index (χ0v) is 11.9. The number of phenolic OH excluding ortho intramolecular Hbond substituents is 1. The van der Waals surface area contributed by atoms with Crippen LogP contribution in [0.2, 0.25) is 0 Å². The number of halogens is 1. The molecule has 6 heteroatoms. The van der Waals surface area contributed by atoms with E-state index < -0.39 is 0 Å². The van der Waals surface area contributed by atoms with Crippen molar-refractivity contribution < 1.29 is 9.90 Å². The van der Waals surface area contributed by atoms with Crippen LogP contribution < -0.4 is 16.8 Å². The first kappa shape index (κ1) is 16.4. The van der Waals surface area contributed by atoms with Gasteiger partial charge in [0.1, 0.15) is 5.75 Å². The molecule has 2 aromatic rings. The Morgan fingerprint density at radius 3 is 2.33 bits per heavy atom. The molecular formula is C15H16ClN3O2. The van der Waals surface area contributed by atoms with Gasteiger partial charge in [-0.05, 0) is 48.5 Å². The second kappa shape index (κ2) is 7.21. The summed E-state index contributed by atoms with van der Waals surface area (Å²) in [7, 11) is 0. The maximum atomic E-state index is 11.7. The zero-order chi connectivity index (χ0) is 14.5. The summed E-state index contributed by atoms with van der Waals surface area (Å²) >= 11 is 0. The normalized spacial score (nSPS) is 10.1. The van der Waals surface area contributed by atoms with Crippen molar-refractivity contribution >= 4 is 41.5 Å². The molecule has 110 valence electrons. The highest BCUT2D eigenvalue weighted by Crippen LogP contribution is 2.21. The molecule has 0 unspecified atom stereocenters. The van der Waals surface area contributed by atoms with Crippen LogP contribution in [0.1, 0.15) is 5.56 Å². The second-order valence-corrected chi connectivity index (χ2v) is 4.26. The summed E-state index contributed by atoms with van der Waals surface area (Å²) in [4.78, 5) is 11.7. The highest BCUT2D eigenvalue weighted by atomic mass is 35.5. The number of amides is 1. The van der Waals surface area contributed by atoms with Gasteiger partial charge < -0.3 is 21.9 Å². The van der Waals surface area contributed by atoms with Crippen molar-refractivity contribution in [1.82, 2.24) is 0 Å². The van der Waals surface area contributed by atoms with Crippen molar-refractivity contribution in [2.24, 2.45) is 0 Å². The molecule has 0 saturated heterocycles. The fourth-order valence-corrected chi connectivity index (χ4v) is 1.62. The number of carbonyl (C=O) groups is 1. The summed E-state index contributed by atoms with van der Waals surface area (Å²) in [5, 5.41) is 12.3. The van der Waals surface area contributed by atoms with Crippen molar-refractivity contribution in [2.45, 2.75) is 0 Å². The molecule has 2 aromatic carbocycles. The molecule has 0 spiro atoms. The standard InChI is InChI=1S/C15H15N3O2.ClH/c16-11-2-5-13(6-3-11)18-15(20)8-1-10-9-12(17)4-7-14(10)19;/h1-9,19H,16-17H2,(H,18,20);1H. The predicted molar refractivity (Wildman–Crippen MR) is 88.3 cm³/mol. The predicted octanol–water partition coefficient (Wildman–Crippen LogP) is 2.63. The third kappa shape index (κ3) is 4.74. The second-order valence-electron chi connectivity index (χ2n) is 4.26. The summed E-state index contributed by atoms with van der Waals surface area (Å²) < 4.78 is 0. The number of nitrogens with two attached hydrogens (primary N) is 2. The summed E-state index contributed by atoms with van der Waals surface area (Å²) in [6.07, 6.45) is 2.82. The first-order chi connectivity index (χ1) is 9.54. The molecule has 0 aliphatic heterocycles. The fourth-order valence-electron chi connectivity index (χ4n) is 1.62. The Morgan fingerprint density at radius 2 is 1.67 bits per heavy atom. The molecule has 0 aliphatic rings. The lowest BCUT2D eigenvalue weighted by Crippen LogP contribution is -2.07. The molecule has 0 bridgehead atoms. The van der Waals surface area contributed by atoms with Crippen LogP contribution in [0.4, 0.5) is 17.1 Å². The van der Waals surface area contributed by atoms with Gasteiger partial charge in [-0.3, -0.25) is 4.79 Å². The molecule has 0 atom stereocenters. The highest BCUT2D eigenvalue weighted by molar-refractivity contribution is 6.02. The van der Waals surface area contributed by atoms with Crippen LogP contribution in [0.15, 0.2) is 48.5 Å². The number of hydrogen-bond donors (Lipinski definition) is 4. The van der Waals surface area contributed by atoms with Gasteiger partial charge in [0.25, 0.3) is 0 Å². The molecule has 0 aromatic heterocycles. The summed E-state index contributed by atoms with van der Waals surface area (Å²) in [6.45, 7) is 0. The van der Waals surface area contributed by atoms with Crippen LogP contribution in [0.25, 0.3) is 6.08 Å². The van der Waals surface area contributed by atoms with Gasteiger partial charge in [-0.25, -0.2) is 0 Å². The van der Waals surface area contributed by atoms with Crippen molar-refractivity contribution in [2.75, 3.05) is 16.8 Å². The summed E-state index contributed by atoms with van der Waals surface area (Å²) in [6, 6.07) is 11.5. The highest BCUT2D eigenvalue weighted by Gasteiger charge is 2.00. The Labute approximate surface area is 128 Å². The molecule has 0 radical (unpaired) electrons. The number of nitrogen functional groups attached to an aromatic ring is 2. The van der Waals surface area contributed by atoms with Crippen LogP contribution in [-0.4, -0.2) is 11.0 Å². The molecule has 0 heterocycles. The molecule has 0 saturated carbocycles. The molecular weight excluding hydrogens is 290 g/mol. The van der Waals surface area contributed by atoms with E-state index in [0.717, 1.165) is 0 Å². The number of carbonyl (C=O) groups excluding carboxylic acids is 1. The van der Waals surface area contributed by atoms with E-state index >= 15 is 0 Å². The van der Waals surface area contributed by atoms with Crippen LogP contribution in [0.5, 0.6) is 5.75 Å². The Balaban J connectivity index is 0.00000220. The monoisotopic (exact) mass is 305 g/mol. The number of aromatic hydroxyl groups is 1. The van der Waals surface area contributed by atoms with E-state index in [-0.39, 0.29) is 24.1 Å². The first-order valence-electron chi connectivity index (χ1n) is 5.98. The number of benzene rings is 2. The van der Waals surface area contributed by atoms with Crippen LogP contribution in [0.3, 0.4) is 0 Å². The van der Waals surface area contributed by atoms with Gasteiger partial charge in [-0.15, -0.1) is 12.4 Å². The topological polar surface area (TPSA) is 101 Å². The lowest BCUT2D eigenvalue weighted by Gasteiger charge is -2.03. The number of phenols is 1. The minimum absolute atomic E-state index is 0. The van der Waals surface area contributed by atoms with Gasteiger partial charge >= 0.3 is 0 Å². The maximum absolute atomic E-state index is 11.7. The third-order valence-electron chi connectivity index (χ3n) is 2.64. The maximum Gasteiger partial charge on any atom is 0.248 e. The Bertz CT molecular complexity index is 654. The van der Waals surface area contributed by atoms with E-state index in [1.807, 2.05) is 0 Å². The van der Waals surface area contributed by atoms with Crippen molar-refractivity contribution in [3.05, 3.63) is 54.1 Å². The fraction of sp³-hybridized carbons (Fsp3) is 0. The van der Waals surface area contributed by atoms with E-state index in [0.29, 0.717) is 22.6 Å². The van der Waals surface area contributed by atoms with Gasteiger partial charge in [0.05, 0.1) is 0 Å². The molecule has 6 N–H and O–H groups in total. The molecule has 0 aliphatic carbocycles. The van der Waals surface area contributed by atoms with Crippen LogP contribution in [-0.2, 0) is 4.79 Å². The Morgan fingerprint density at radius 1 is 1.05 bits per heavy atom.